The molecule has 5 nitrogen and oxygen atoms in total. The van der Waals surface area contributed by atoms with E-state index in [4.69, 9.17) is 16.3 Å². The van der Waals surface area contributed by atoms with Crippen LogP contribution in [0.2, 0.25) is 5.02 Å². The van der Waals surface area contributed by atoms with Crippen molar-refractivity contribution in [3.8, 4) is 6.07 Å². The molecule has 0 atom stereocenters. The molecule has 0 radical (unpaired) electrons. The van der Waals surface area contributed by atoms with Crippen molar-refractivity contribution in [3.63, 3.8) is 0 Å². The van der Waals surface area contributed by atoms with Gasteiger partial charge in [-0.2, -0.15) is 5.26 Å². The number of hydrogen-bond donors (Lipinski definition) is 0. The van der Waals surface area contributed by atoms with Crippen LogP contribution in [-0.4, -0.2) is 23.3 Å². The molecule has 0 saturated carbocycles. The first-order valence-corrected chi connectivity index (χ1v) is 9.30. The fourth-order valence-corrected chi connectivity index (χ4v) is 3.76. The Bertz CT molecular complexity index is 1040. The maximum Gasteiger partial charge on any atom is 0.262 e. The molecule has 26 heavy (non-hydrogen) atoms. The SMILES string of the molecule is COCCn1c(SCc2ccccc2C#N)nc2cc(Cl)ccc2c1=O. The lowest BCUT2D eigenvalue weighted by Gasteiger charge is -2.13. The number of rotatable bonds is 6. The van der Waals surface area contributed by atoms with Gasteiger partial charge < -0.3 is 4.74 Å². The lowest BCUT2D eigenvalue weighted by atomic mass is 10.1. The van der Waals surface area contributed by atoms with Crippen molar-refractivity contribution in [2.45, 2.75) is 17.5 Å². The zero-order chi connectivity index (χ0) is 18.5. The van der Waals surface area contributed by atoms with Gasteiger partial charge in [0.25, 0.3) is 5.56 Å². The smallest absolute Gasteiger partial charge is 0.262 e. The molecule has 132 valence electrons. The lowest BCUT2D eigenvalue weighted by Crippen LogP contribution is -2.25. The Morgan fingerprint density at radius 2 is 2.12 bits per heavy atom. The lowest BCUT2D eigenvalue weighted by molar-refractivity contribution is 0.183. The summed E-state index contributed by atoms with van der Waals surface area (Å²) >= 11 is 7.46. The second-order valence-corrected chi connectivity index (χ2v) is 6.94. The Balaban J connectivity index is 2.02. The van der Waals surface area contributed by atoms with Gasteiger partial charge in [0.15, 0.2) is 5.16 Å². The molecule has 0 aliphatic rings. The van der Waals surface area contributed by atoms with E-state index < -0.39 is 0 Å². The van der Waals surface area contributed by atoms with Crippen LogP contribution in [0.15, 0.2) is 52.4 Å². The minimum absolute atomic E-state index is 0.125. The quantitative estimate of drug-likeness (QED) is 0.476. The summed E-state index contributed by atoms with van der Waals surface area (Å²) in [5, 5.41) is 10.9. The number of aromatic nitrogens is 2. The Morgan fingerprint density at radius 1 is 1.31 bits per heavy atom. The largest absolute Gasteiger partial charge is 0.383 e. The third-order valence-corrected chi connectivity index (χ3v) is 5.16. The number of nitrogens with zero attached hydrogens (tertiary/aromatic N) is 3. The maximum atomic E-state index is 12.9. The number of fused-ring (bicyclic) bond motifs is 1. The first-order chi connectivity index (χ1) is 12.6. The summed E-state index contributed by atoms with van der Waals surface area (Å²) in [7, 11) is 1.59. The van der Waals surface area contributed by atoms with Crippen LogP contribution in [0.1, 0.15) is 11.1 Å². The molecule has 3 rings (SSSR count). The van der Waals surface area contributed by atoms with E-state index in [1.165, 1.54) is 11.8 Å². The fourth-order valence-electron chi connectivity index (χ4n) is 2.56. The maximum absolute atomic E-state index is 12.9. The number of methoxy groups -OCH3 is 1. The van der Waals surface area contributed by atoms with Crippen molar-refractivity contribution >= 4 is 34.3 Å². The normalized spacial score (nSPS) is 10.8. The predicted octanol–water partition coefficient (Wildman–Crippen LogP) is 3.86. The molecule has 0 aliphatic heterocycles. The molecule has 0 aliphatic carbocycles. The first-order valence-electron chi connectivity index (χ1n) is 7.94. The van der Waals surface area contributed by atoms with Crippen molar-refractivity contribution in [2.24, 2.45) is 0 Å². The summed E-state index contributed by atoms with van der Waals surface area (Å²) in [4.78, 5) is 17.5. The highest BCUT2D eigenvalue weighted by molar-refractivity contribution is 7.98. The van der Waals surface area contributed by atoms with Gasteiger partial charge >= 0.3 is 0 Å². The van der Waals surface area contributed by atoms with Crippen molar-refractivity contribution in [1.29, 1.82) is 5.26 Å². The molecule has 0 fully saturated rings. The number of nitriles is 1. The second-order valence-electron chi connectivity index (χ2n) is 5.56. The third kappa shape index (κ3) is 3.91. The molecule has 3 aromatic rings. The molecular weight excluding hydrogens is 370 g/mol. The van der Waals surface area contributed by atoms with E-state index in [1.54, 1.807) is 35.9 Å². The van der Waals surface area contributed by atoms with Crippen molar-refractivity contribution in [3.05, 3.63) is 69.0 Å². The second kappa shape index (κ2) is 8.37. The van der Waals surface area contributed by atoms with Gasteiger partial charge in [0.1, 0.15) is 0 Å². The first kappa shape index (κ1) is 18.5. The summed E-state index contributed by atoms with van der Waals surface area (Å²) in [6, 6.07) is 14.7. The van der Waals surface area contributed by atoms with Crippen LogP contribution in [0.5, 0.6) is 0 Å². The van der Waals surface area contributed by atoms with Crippen LogP contribution in [0, 0.1) is 11.3 Å². The fraction of sp³-hybridized carbons (Fsp3) is 0.211. The highest BCUT2D eigenvalue weighted by atomic mass is 35.5. The molecule has 0 N–H and O–H groups in total. The van der Waals surface area contributed by atoms with Gasteiger partial charge in [0.2, 0.25) is 0 Å². The Labute approximate surface area is 160 Å². The molecule has 0 saturated heterocycles. The Kier molecular flexibility index (Phi) is 5.94. The average Bonchev–Trinajstić information content (AvgIpc) is 2.65. The molecule has 0 unspecified atom stereocenters. The van der Waals surface area contributed by atoms with Crippen LogP contribution in [0.3, 0.4) is 0 Å². The number of halogens is 1. The van der Waals surface area contributed by atoms with Crippen molar-refractivity contribution in [1.82, 2.24) is 9.55 Å². The topological polar surface area (TPSA) is 67.9 Å². The predicted molar refractivity (Wildman–Crippen MR) is 104 cm³/mol. The van der Waals surface area contributed by atoms with Crippen LogP contribution in [-0.2, 0) is 17.0 Å². The minimum atomic E-state index is -0.125. The van der Waals surface area contributed by atoms with Crippen LogP contribution in [0.4, 0.5) is 0 Å². The van der Waals surface area contributed by atoms with E-state index >= 15 is 0 Å². The third-order valence-electron chi connectivity index (χ3n) is 3.90. The van der Waals surface area contributed by atoms with Gasteiger partial charge in [-0.15, -0.1) is 0 Å². The summed E-state index contributed by atoms with van der Waals surface area (Å²) in [6.45, 7) is 0.812. The molecule has 0 spiro atoms. The van der Waals surface area contributed by atoms with E-state index in [2.05, 4.69) is 11.1 Å². The van der Waals surface area contributed by atoms with Gasteiger partial charge in [0.05, 0.1) is 35.7 Å². The number of ether oxygens (including phenoxy) is 1. The summed E-state index contributed by atoms with van der Waals surface area (Å²) < 4.78 is 6.74. The minimum Gasteiger partial charge on any atom is -0.383 e. The van der Waals surface area contributed by atoms with Crippen molar-refractivity contribution < 1.29 is 4.74 Å². The van der Waals surface area contributed by atoms with Crippen LogP contribution >= 0.6 is 23.4 Å². The summed E-state index contributed by atoms with van der Waals surface area (Å²) in [5.74, 6) is 0.537. The van der Waals surface area contributed by atoms with Gasteiger partial charge in [-0.05, 0) is 29.8 Å². The van der Waals surface area contributed by atoms with E-state index in [0.29, 0.717) is 45.5 Å². The monoisotopic (exact) mass is 385 g/mol. The number of hydrogen-bond acceptors (Lipinski definition) is 5. The van der Waals surface area contributed by atoms with Crippen LogP contribution in [0.25, 0.3) is 10.9 Å². The summed E-state index contributed by atoms with van der Waals surface area (Å²) in [5.41, 5.74) is 1.96. The van der Waals surface area contributed by atoms with E-state index in [-0.39, 0.29) is 5.56 Å². The zero-order valence-electron chi connectivity index (χ0n) is 14.1. The van der Waals surface area contributed by atoms with E-state index in [9.17, 15) is 10.1 Å². The van der Waals surface area contributed by atoms with Gasteiger partial charge in [-0.25, -0.2) is 4.98 Å². The highest BCUT2D eigenvalue weighted by Crippen LogP contribution is 2.24. The molecule has 2 aromatic carbocycles. The molecule has 0 amide bonds. The molecule has 0 bridgehead atoms. The number of benzene rings is 2. The number of thioether (sulfide) groups is 1. The Morgan fingerprint density at radius 3 is 2.88 bits per heavy atom. The molecule has 1 aromatic heterocycles. The zero-order valence-corrected chi connectivity index (χ0v) is 15.7. The van der Waals surface area contributed by atoms with E-state index in [1.807, 2.05) is 18.2 Å². The average molecular weight is 386 g/mol. The van der Waals surface area contributed by atoms with Gasteiger partial charge in [-0.3, -0.25) is 9.36 Å². The van der Waals surface area contributed by atoms with E-state index in [0.717, 1.165) is 5.56 Å². The highest BCUT2D eigenvalue weighted by Gasteiger charge is 2.13. The Hall–Kier alpha value is -2.33. The van der Waals surface area contributed by atoms with Gasteiger partial charge in [0, 0.05) is 17.9 Å². The van der Waals surface area contributed by atoms with Crippen molar-refractivity contribution in [2.75, 3.05) is 13.7 Å². The molecule has 7 heteroatoms. The molecular formula is C19H16ClN3O2S. The summed E-state index contributed by atoms with van der Waals surface area (Å²) in [6.07, 6.45) is 0. The van der Waals surface area contributed by atoms with Gasteiger partial charge in [-0.1, -0.05) is 41.6 Å². The molecule has 1 heterocycles. The standard InChI is InChI=1S/C19H16ClN3O2S/c1-25-9-8-23-18(24)16-7-6-15(20)10-17(16)22-19(23)26-12-14-5-3-2-4-13(14)11-21/h2-7,10H,8-9,12H2,1H3. The van der Waals surface area contributed by atoms with Crippen LogP contribution < -0.4 is 5.56 Å².